The first-order chi connectivity index (χ1) is 8.51. The van der Waals surface area contributed by atoms with Crippen LogP contribution in [0.1, 0.15) is 11.1 Å². The van der Waals surface area contributed by atoms with E-state index in [1.807, 2.05) is 27.1 Å². The summed E-state index contributed by atoms with van der Waals surface area (Å²) in [7, 11) is 5.62. The van der Waals surface area contributed by atoms with E-state index in [-0.39, 0.29) is 5.63 Å². The summed E-state index contributed by atoms with van der Waals surface area (Å²) in [5.74, 6) is 0.741. The molecule has 0 N–H and O–H groups in total. The number of rotatable bonds is 3. The van der Waals surface area contributed by atoms with Crippen molar-refractivity contribution in [2.75, 3.05) is 21.2 Å². The molecule has 96 valence electrons. The number of ether oxygens (including phenoxy) is 1. The molecule has 1 aromatic carbocycles. The van der Waals surface area contributed by atoms with Crippen LogP contribution in [0.3, 0.4) is 0 Å². The van der Waals surface area contributed by atoms with Crippen molar-refractivity contribution in [3.05, 3.63) is 39.7 Å². The normalized spacial score (nSPS) is 11.2. The summed E-state index contributed by atoms with van der Waals surface area (Å²) in [5, 5.41) is 0.951. The maximum atomic E-state index is 11.4. The molecule has 4 heteroatoms. The summed E-state index contributed by atoms with van der Waals surface area (Å²) >= 11 is 0. The van der Waals surface area contributed by atoms with Gasteiger partial charge >= 0.3 is 5.63 Å². The van der Waals surface area contributed by atoms with E-state index in [1.165, 1.54) is 6.07 Å². The van der Waals surface area contributed by atoms with Crippen LogP contribution in [0, 0.1) is 6.92 Å². The minimum absolute atomic E-state index is 0.331. The fourth-order valence-electron chi connectivity index (χ4n) is 2.05. The average molecular weight is 247 g/mol. The minimum Gasteiger partial charge on any atom is -0.496 e. The predicted octanol–water partition coefficient (Wildman–Crippen LogP) is 2.17. The molecule has 0 radical (unpaired) electrons. The van der Waals surface area contributed by atoms with Crippen molar-refractivity contribution in [2.24, 2.45) is 0 Å². The Hall–Kier alpha value is -1.81. The second-order valence-corrected chi connectivity index (χ2v) is 4.65. The molecule has 0 bridgehead atoms. The Balaban J connectivity index is 2.69. The second kappa shape index (κ2) is 4.82. The van der Waals surface area contributed by atoms with E-state index in [9.17, 15) is 4.79 Å². The van der Waals surface area contributed by atoms with Crippen molar-refractivity contribution in [2.45, 2.75) is 13.5 Å². The zero-order valence-corrected chi connectivity index (χ0v) is 11.1. The lowest BCUT2D eigenvalue weighted by molar-refractivity contribution is 0.372. The number of hydrogen-bond acceptors (Lipinski definition) is 4. The van der Waals surface area contributed by atoms with E-state index >= 15 is 0 Å². The van der Waals surface area contributed by atoms with Crippen LogP contribution in [0.15, 0.2) is 27.4 Å². The molecule has 0 saturated carbocycles. The molecule has 0 aliphatic heterocycles. The number of fused-ring (bicyclic) bond motifs is 1. The third-order valence-electron chi connectivity index (χ3n) is 2.84. The van der Waals surface area contributed by atoms with E-state index < -0.39 is 0 Å². The number of nitrogens with zero attached hydrogens (tertiary/aromatic N) is 1. The lowest BCUT2D eigenvalue weighted by Gasteiger charge is -2.14. The molecule has 0 atom stereocenters. The zero-order chi connectivity index (χ0) is 13.3. The van der Waals surface area contributed by atoms with Crippen LogP contribution in [0.5, 0.6) is 5.75 Å². The van der Waals surface area contributed by atoms with Gasteiger partial charge in [-0.05, 0) is 32.6 Å². The van der Waals surface area contributed by atoms with E-state index in [2.05, 4.69) is 4.90 Å². The fourth-order valence-corrected chi connectivity index (χ4v) is 2.05. The Kier molecular flexibility index (Phi) is 3.39. The van der Waals surface area contributed by atoms with Gasteiger partial charge in [0.2, 0.25) is 0 Å². The Labute approximate surface area is 106 Å². The lowest BCUT2D eigenvalue weighted by atomic mass is 10.1. The monoisotopic (exact) mass is 247 g/mol. The summed E-state index contributed by atoms with van der Waals surface area (Å²) in [6.07, 6.45) is 0. The van der Waals surface area contributed by atoms with Gasteiger partial charge in [0.05, 0.1) is 7.11 Å². The van der Waals surface area contributed by atoms with Crippen LogP contribution in [-0.2, 0) is 6.54 Å². The molecule has 2 aromatic rings. The molecule has 0 spiro atoms. The fraction of sp³-hybridized carbons (Fsp3) is 0.357. The maximum Gasteiger partial charge on any atom is 0.336 e. The Bertz CT molecular complexity index is 629. The van der Waals surface area contributed by atoms with Gasteiger partial charge in [0.1, 0.15) is 11.3 Å². The van der Waals surface area contributed by atoms with E-state index in [4.69, 9.17) is 9.15 Å². The van der Waals surface area contributed by atoms with Crippen molar-refractivity contribution in [3.8, 4) is 5.75 Å². The molecule has 0 aliphatic carbocycles. The first kappa shape index (κ1) is 12.6. The summed E-state index contributed by atoms with van der Waals surface area (Å²) in [5.41, 5.74) is 2.23. The highest BCUT2D eigenvalue weighted by Crippen LogP contribution is 2.27. The van der Waals surface area contributed by atoms with Gasteiger partial charge in [0.25, 0.3) is 0 Å². The predicted molar refractivity (Wildman–Crippen MR) is 71.2 cm³/mol. The van der Waals surface area contributed by atoms with Gasteiger partial charge in [0, 0.05) is 29.6 Å². The van der Waals surface area contributed by atoms with Gasteiger partial charge in [-0.1, -0.05) is 0 Å². The third-order valence-corrected chi connectivity index (χ3v) is 2.84. The molecule has 4 nitrogen and oxygen atoms in total. The molecule has 18 heavy (non-hydrogen) atoms. The summed E-state index contributed by atoms with van der Waals surface area (Å²) in [6.45, 7) is 2.68. The maximum absolute atomic E-state index is 11.4. The van der Waals surface area contributed by atoms with Gasteiger partial charge in [0.15, 0.2) is 0 Å². The van der Waals surface area contributed by atoms with Crippen molar-refractivity contribution in [1.82, 2.24) is 4.90 Å². The molecule has 0 amide bonds. The highest BCUT2D eigenvalue weighted by molar-refractivity contribution is 5.82. The highest BCUT2D eigenvalue weighted by Gasteiger charge is 2.10. The topological polar surface area (TPSA) is 42.7 Å². The number of methoxy groups -OCH3 is 1. The molecule has 1 aromatic heterocycles. The van der Waals surface area contributed by atoms with E-state index in [0.29, 0.717) is 5.58 Å². The van der Waals surface area contributed by atoms with Crippen molar-refractivity contribution in [3.63, 3.8) is 0 Å². The van der Waals surface area contributed by atoms with Gasteiger partial charge in [-0.15, -0.1) is 0 Å². The van der Waals surface area contributed by atoms with Crippen LogP contribution >= 0.6 is 0 Å². The van der Waals surface area contributed by atoms with Crippen LogP contribution in [-0.4, -0.2) is 26.1 Å². The van der Waals surface area contributed by atoms with Gasteiger partial charge < -0.3 is 14.1 Å². The molecular formula is C14H17NO3. The second-order valence-electron chi connectivity index (χ2n) is 4.65. The number of aryl methyl sites for hydroxylation is 1. The third kappa shape index (κ3) is 2.38. The minimum atomic E-state index is -0.331. The first-order valence-electron chi connectivity index (χ1n) is 5.77. The molecular weight excluding hydrogens is 230 g/mol. The van der Waals surface area contributed by atoms with Gasteiger partial charge in [-0.2, -0.15) is 0 Å². The van der Waals surface area contributed by atoms with Crippen LogP contribution in [0.2, 0.25) is 0 Å². The average Bonchev–Trinajstić information content (AvgIpc) is 2.28. The quantitative estimate of drug-likeness (QED) is 0.780. The van der Waals surface area contributed by atoms with Crippen molar-refractivity contribution < 1.29 is 9.15 Å². The lowest BCUT2D eigenvalue weighted by Crippen LogP contribution is -2.11. The highest BCUT2D eigenvalue weighted by atomic mass is 16.5. The molecule has 0 unspecified atom stereocenters. The largest absolute Gasteiger partial charge is 0.496 e. The van der Waals surface area contributed by atoms with Crippen molar-refractivity contribution >= 4 is 11.0 Å². The van der Waals surface area contributed by atoms with Crippen LogP contribution in [0.25, 0.3) is 11.0 Å². The molecule has 2 rings (SSSR count). The van der Waals surface area contributed by atoms with E-state index in [1.54, 1.807) is 13.2 Å². The summed E-state index contributed by atoms with van der Waals surface area (Å²) < 4.78 is 10.5. The smallest absolute Gasteiger partial charge is 0.336 e. The van der Waals surface area contributed by atoms with E-state index in [0.717, 1.165) is 28.8 Å². The molecule has 1 heterocycles. The summed E-state index contributed by atoms with van der Waals surface area (Å²) in [6, 6.07) is 5.31. The molecule has 0 fully saturated rings. The standard InChI is InChI=1S/C14H17NO3/c1-9-5-14(16)18-13-7-12(17-4)10(6-11(9)13)8-15(2)3/h5-7H,8H2,1-4H3. The first-order valence-corrected chi connectivity index (χ1v) is 5.77. The van der Waals surface area contributed by atoms with Gasteiger partial charge in [-0.25, -0.2) is 4.79 Å². The Morgan fingerprint density at radius 3 is 2.61 bits per heavy atom. The number of benzene rings is 1. The van der Waals surface area contributed by atoms with Crippen LogP contribution in [0.4, 0.5) is 0 Å². The van der Waals surface area contributed by atoms with Gasteiger partial charge in [-0.3, -0.25) is 0 Å². The molecule has 0 saturated heterocycles. The molecule has 0 aliphatic rings. The Morgan fingerprint density at radius 2 is 2.00 bits per heavy atom. The SMILES string of the molecule is COc1cc2oc(=O)cc(C)c2cc1CN(C)C. The van der Waals surface area contributed by atoms with Crippen LogP contribution < -0.4 is 10.4 Å². The number of hydrogen-bond donors (Lipinski definition) is 0. The zero-order valence-electron chi connectivity index (χ0n) is 11.1. The Morgan fingerprint density at radius 1 is 1.28 bits per heavy atom. The summed E-state index contributed by atoms with van der Waals surface area (Å²) in [4.78, 5) is 13.4. The van der Waals surface area contributed by atoms with Crippen molar-refractivity contribution in [1.29, 1.82) is 0 Å².